The number of carbonyl (C=O) groups excluding carboxylic acids is 1. The van der Waals surface area contributed by atoms with E-state index in [0.717, 1.165) is 17.2 Å². The first kappa shape index (κ1) is 20.0. The van der Waals surface area contributed by atoms with Crippen LogP contribution in [0.4, 0.5) is 4.39 Å². The average Bonchev–Trinajstić information content (AvgIpc) is 2.74. The number of aliphatic hydroxyl groups excluding tert-OH is 1. The van der Waals surface area contributed by atoms with Crippen molar-refractivity contribution in [2.24, 2.45) is 0 Å². The number of aliphatic hydroxyl groups is 1. The van der Waals surface area contributed by atoms with Gasteiger partial charge in [-0.1, -0.05) is 49.6 Å². The van der Waals surface area contributed by atoms with Gasteiger partial charge in [0.2, 0.25) is 6.29 Å². The zero-order valence-corrected chi connectivity index (χ0v) is 15.5. The summed E-state index contributed by atoms with van der Waals surface area (Å²) in [7, 11) is 0. The number of halogens is 1. The molecule has 0 saturated heterocycles. The van der Waals surface area contributed by atoms with Crippen molar-refractivity contribution >= 4 is 5.97 Å². The average molecular weight is 390 g/mol. The monoisotopic (exact) mass is 390 g/mol. The smallest absolute Gasteiger partial charge is 0.335 e. The third kappa shape index (κ3) is 4.97. The Kier molecular flexibility index (Phi) is 6.22. The van der Waals surface area contributed by atoms with Crippen molar-refractivity contribution < 1.29 is 23.8 Å². The molecule has 1 atom stereocenters. The molecule has 0 fully saturated rings. The Labute approximate surface area is 168 Å². The number of carbonyl (C=O) groups is 1. The van der Waals surface area contributed by atoms with E-state index in [4.69, 9.17) is 9.47 Å². The van der Waals surface area contributed by atoms with E-state index in [2.05, 4.69) is 13.2 Å². The summed E-state index contributed by atoms with van der Waals surface area (Å²) >= 11 is 0. The molecule has 3 aromatic rings. The number of rotatable bonds is 7. The second-order valence-electron chi connectivity index (χ2n) is 6.11. The fraction of sp³-hybridized carbons (Fsp3) is 0.0417. The van der Waals surface area contributed by atoms with Crippen LogP contribution in [-0.2, 0) is 4.79 Å². The van der Waals surface area contributed by atoms with Crippen molar-refractivity contribution in [1.29, 1.82) is 0 Å². The first-order chi connectivity index (χ1) is 14.0. The maximum Gasteiger partial charge on any atom is 0.335 e. The van der Waals surface area contributed by atoms with Crippen LogP contribution in [0, 0.1) is 5.82 Å². The van der Waals surface area contributed by atoms with E-state index in [1.54, 1.807) is 18.2 Å². The Hall–Kier alpha value is -3.70. The van der Waals surface area contributed by atoms with E-state index in [1.807, 2.05) is 36.4 Å². The van der Waals surface area contributed by atoms with Crippen molar-refractivity contribution in [3.05, 3.63) is 97.9 Å². The first-order valence-electron chi connectivity index (χ1n) is 8.82. The molecule has 5 heteroatoms. The Morgan fingerprint density at radius 3 is 2.00 bits per heavy atom. The molecule has 3 aromatic carbocycles. The maximum atomic E-state index is 14.4. The molecule has 146 valence electrons. The lowest BCUT2D eigenvalue weighted by Crippen LogP contribution is -2.10. The van der Waals surface area contributed by atoms with Gasteiger partial charge >= 0.3 is 5.97 Å². The molecule has 0 radical (unpaired) electrons. The highest BCUT2D eigenvalue weighted by Crippen LogP contribution is 2.29. The van der Waals surface area contributed by atoms with Crippen molar-refractivity contribution in [3.63, 3.8) is 0 Å². The highest BCUT2D eigenvalue weighted by Gasteiger charge is 2.09. The van der Waals surface area contributed by atoms with Crippen LogP contribution in [0.15, 0.2) is 92.0 Å². The highest BCUT2D eigenvalue weighted by atomic mass is 19.1. The van der Waals surface area contributed by atoms with Gasteiger partial charge in [0.05, 0.1) is 0 Å². The summed E-state index contributed by atoms with van der Waals surface area (Å²) < 4.78 is 24.6. The molecule has 1 N–H and O–H groups in total. The molecule has 0 aliphatic heterocycles. The van der Waals surface area contributed by atoms with Gasteiger partial charge in [0.15, 0.2) is 0 Å². The molecule has 0 aromatic heterocycles. The second kappa shape index (κ2) is 8.99. The van der Waals surface area contributed by atoms with E-state index in [-0.39, 0.29) is 5.75 Å². The van der Waals surface area contributed by atoms with Gasteiger partial charge in [0, 0.05) is 17.7 Å². The molecule has 29 heavy (non-hydrogen) atoms. The summed E-state index contributed by atoms with van der Waals surface area (Å²) in [6.07, 6.45) is 1.26. The lowest BCUT2D eigenvalue weighted by molar-refractivity contribution is -0.128. The van der Waals surface area contributed by atoms with Crippen LogP contribution in [0.2, 0.25) is 0 Å². The van der Waals surface area contributed by atoms with Crippen LogP contribution in [0.25, 0.3) is 22.3 Å². The summed E-state index contributed by atoms with van der Waals surface area (Å²) in [5.41, 5.74) is 2.99. The molecule has 4 nitrogen and oxygen atoms in total. The van der Waals surface area contributed by atoms with Gasteiger partial charge in [0.1, 0.15) is 17.3 Å². The van der Waals surface area contributed by atoms with Crippen LogP contribution in [0.1, 0.15) is 0 Å². The molecule has 0 amide bonds. The van der Waals surface area contributed by atoms with Gasteiger partial charge in [-0.25, -0.2) is 9.18 Å². The summed E-state index contributed by atoms with van der Waals surface area (Å²) in [5, 5.41) is 9.43. The van der Waals surface area contributed by atoms with Crippen LogP contribution in [0.3, 0.4) is 0 Å². The maximum absolute atomic E-state index is 14.4. The van der Waals surface area contributed by atoms with Crippen LogP contribution in [-0.4, -0.2) is 17.4 Å². The summed E-state index contributed by atoms with van der Waals surface area (Å²) in [6.45, 7) is 6.76. The highest BCUT2D eigenvalue weighted by molar-refractivity contribution is 5.83. The molecule has 0 bridgehead atoms. The standard InChI is InChI=1S/C24H19FO4/c1-3-23(26)28-19-11-9-17(10-12-19)16-5-7-18(8-6-16)21-14-13-20(15-22(21)25)29-24(27)4-2/h3-15,23,26H,1-2H2. The zero-order valence-electron chi connectivity index (χ0n) is 15.5. The third-order valence-electron chi connectivity index (χ3n) is 4.17. The van der Waals surface area contributed by atoms with Crippen molar-refractivity contribution in [2.75, 3.05) is 0 Å². The van der Waals surface area contributed by atoms with Crippen LogP contribution in [0.5, 0.6) is 11.5 Å². The SMILES string of the molecule is C=CC(=O)Oc1ccc(-c2ccc(-c3ccc(OC(O)C=C)cc3)cc2)c(F)c1. The minimum Gasteiger partial charge on any atom is -0.461 e. The lowest BCUT2D eigenvalue weighted by atomic mass is 10.00. The molecule has 0 aliphatic carbocycles. The molecule has 3 rings (SSSR count). The van der Waals surface area contributed by atoms with Gasteiger partial charge in [-0.3, -0.25) is 0 Å². The van der Waals surface area contributed by atoms with Crippen molar-refractivity contribution in [1.82, 2.24) is 0 Å². The van der Waals surface area contributed by atoms with Gasteiger partial charge in [-0.05, 0) is 47.0 Å². The number of benzene rings is 3. The summed E-state index contributed by atoms with van der Waals surface area (Å²) in [5.74, 6) is -0.486. The first-order valence-corrected chi connectivity index (χ1v) is 8.82. The fourth-order valence-corrected chi connectivity index (χ4v) is 2.71. The van der Waals surface area contributed by atoms with Crippen LogP contribution < -0.4 is 9.47 Å². The molecule has 0 heterocycles. The van der Waals surface area contributed by atoms with Crippen LogP contribution >= 0.6 is 0 Å². The quantitative estimate of drug-likeness (QED) is 0.200. The van der Waals surface area contributed by atoms with E-state index < -0.39 is 18.1 Å². The number of hydrogen-bond donors (Lipinski definition) is 1. The summed E-state index contributed by atoms with van der Waals surface area (Å²) in [4.78, 5) is 11.2. The number of ether oxygens (including phenoxy) is 2. The van der Waals surface area contributed by atoms with E-state index in [0.29, 0.717) is 16.9 Å². The van der Waals surface area contributed by atoms with E-state index in [9.17, 15) is 14.3 Å². The second-order valence-corrected chi connectivity index (χ2v) is 6.11. The summed E-state index contributed by atoms with van der Waals surface area (Å²) in [6, 6.07) is 18.9. The molecule has 1 unspecified atom stereocenters. The van der Waals surface area contributed by atoms with E-state index in [1.165, 1.54) is 18.2 Å². The molecule has 0 spiro atoms. The zero-order chi connectivity index (χ0) is 20.8. The van der Waals surface area contributed by atoms with Crippen molar-refractivity contribution in [2.45, 2.75) is 6.29 Å². The predicted octanol–water partition coefficient (Wildman–Crippen LogP) is 5.13. The Balaban J connectivity index is 1.77. The molecular weight excluding hydrogens is 371 g/mol. The predicted molar refractivity (Wildman–Crippen MR) is 110 cm³/mol. The van der Waals surface area contributed by atoms with E-state index >= 15 is 0 Å². The largest absolute Gasteiger partial charge is 0.461 e. The minimum absolute atomic E-state index is 0.122. The topological polar surface area (TPSA) is 55.8 Å². The number of hydrogen-bond acceptors (Lipinski definition) is 4. The van der Waals surface area contributed by atoms with Gasteiger partial charge in [-0.15, -0.1) is 0 Å². The van der Waals surface area contributed by atoms with Gasteiger partial charge in [0.25, 0.3) is 0 Å². The Bertz CT molecular complexity index is 1020. The van der Waals surface area contributed by atoms with Gasteiger partial charge < -0.3 is 14.6 Å². The number of esters is 1. The normalized spacial score (nSPS) is 11.4. The Morgan fingerprint density at radius 1 is 0.897 bits per heavy atom. The van der Waals surface area contributed by atoms with Crippen molar-refractivity contribution in [3.8, 4) is 33.8 Å². The third-order valence-corrected chi connectivity index (χ3v) is 4.17. The Morgan fingerprint density at radius 2 is 1.45 bits per heavy atom. The molecule has 0 aliphatic rings. The molecular formula is C24H19FO4. The fourth-order valence-electron chi connectivity index (χ4n) is 2.71. The molecule has 0 saturated carbocycles. The van der Waals surface area contributed by atoms with Gasteiger partial charge in [-0.2, -0.15) is 0 Å². The lowest BCUT2D eigenvalue weighted by Gasteiger charge is -2.10. The minimum atomic E-state index is -1.05.